The van der Waals surface area contributed by atoms with Gasteiger partial charge >= 0.3 is 11.8 Å². The molecule has 8 heteroatoms. The summed E-state index contributed by atoms with van der Waals surface area (Å²) in [5.41, 5.74) is 6.40. The van der Waals surface area contributed by atoms with Gasteiger partial charge in [0.25, 0.3) is 0 Å². The van der Waals surface area contributed by atoms with Crippen LogP contribution in [0.5, 0.6) is 0 Å². The Morgan fingerprint density at radius 3 is 2.40 bits per heavy atom. The number of aryl methyl sites for hydroxylation is 1. The van der Waals surface area contributed by atoms with E-state index in [2.05, 4.69) is 15.8 Å². The Morgan fingerprint density at radius 1 is 1.07 bits per heavy atom. The van der Waals surface area contributed by atoms with E-state index in [1.165, 1.54) is 18.3 Å². The lowest BCUT2D eigenvalue weighted by Gasteiger charge is -2.09. The molecule has 0 atom stereocenters. The van der Waals surface area contributed by atoms with Gasteiger partial charge in [-0.05, 0) is 61.9 Å². The first-order valence-electron chi connectivity index (χ1n) is 9.15. The number of carbonyl (C=O) groups excluding carboxylic acids is 2. The highest BCUT2D eigenvalue weighted by molar-refractivity contribution is 6.35. The van der Waals surface area contributed by atoms with Crippen molar-refractivity contribution >= 4 is 29.6 Å². The van der Waals surface area contributed by atoms with Crippen LogP contribution in [-0.2, 0) is 16.1 Å². The molecule has 0 unspecified atom stereocenters. The Bertz CT molecular complexity index is 1090. The van der Waals surface area contributed by atoms with Crippen LogP contribution in [0.3, 0.4) is 0 Å². The number of hydrazone groups is 1. The summed E-state index contributed by atoms with van der Waals surface area (Å²) in [6.45, 7) is 4.00. The van der Waals surface area contributed by atoms with Gasteiger partial charge in [0.05, 0.1) is 6.21 Å². The first-order chi connectivity index (χ1) is 14.3. The normalized spacial score (nSPS) is 10.9. The maximum Gasteiger partial charge on any atom is 0.329 e. The molecule has 0 bridgehead atoms. The van der Waals surface area contributed by atoms with Crippen molar-refractivity contribution in [3.63, 3.8) is 0 Å². The van der Waals surface area contributed by atoms with Crippen molar-refractivity contribution in [2.24, 2.45) is 5.10 Å². The molecule has 30 heavy (non-hydrogen) atoms. The molecule has 3 aromatic rings. The maximum absolute atomic E-state index is 13.2. The van der Waals surface area contributed by atoms with Crippen molar-refractivity contribution in [1.82, 2.24) is 15.3 Å². The van der Waals surface area contributed by atoms with Crippen LogP contribution in [0.2, 0.25) is 5.02 Å². The quantitative estimate of drug-likeness (QED) is 0.371. The molecule has 0 aliphatic carbocycles. The van der Waals surface area contributed by atoms with Gasteiger partial charge in [-0.1, -0.05) is 23.7 Å². The van der Waals surface area contributed by atoms with Gasteiger partial charge in [-0.3, -0.25) is 9.59 Å². The van der Waals surface area contributed by atoms with E-state index < -0.39 is 11.8 Å². The Balaban J connectivity index is 1.60. The molecule has 6 nitrogen and oxygen atoms in total. The summed E-state index contributed by atoms with van der Waals surface area (Å²) in [7, 11) is 0. The van der Waals surface area contributed by atoms with Gasteiger partial charge in [-0.2, -0.15) is 5.10 Å². The standard InChI is InChI=1S/C22H20ClFN4O2/c1-14-11-17(15(2)28(14)20-9-7-19(24)8-10-20)13-26-27-22(30)21(29)25-12-16-3-5-18(23)6-4-16/h3-11,13H,12H2,1-2H3,(H,25,29)(H,27,30)/b26-13-. The highest BCUT2D eigenvalue weighted by atomic mass is 35.5. The fourth-order valence-corrected chi connectivity index (χ4v) is 3.11. The number of amides is 2. The predicted octanol–water partition coefficient (Wildman–Crippen LogP) is 3.65. The Morgan fingerprint density at radius 2 is 1.73 bits per heavy atom. The number of carbonyl (C=O) groups is 2. The van der Waals surface area contributed by atoms with Gasteiger partial charge < -0.3 is 9.88 Å². The molecule has 2 amide bonds. The molecule has 0 fully saturated rings. The van der Waals surface area contributed by atoms with Crippen molar-refractivity contribution in [2.45, 2.75) is 20.4 Å². The van der Waals surface area contributed by atoms with Crippen LogP contribution in [0.1, 0.15) is 22.5 Å². The zero-order chi connectivity index (χ0) is 21.7. The minimum absolute atomic E-state index is 0.200. The van der Waals surface area contributed by atoms with Crippen LogP contribution in [0, 0.1) is 19.7 Å². The number of rotatable bonds is 5. The van der Waals surface area contributed by atoms with Gasteiger partial charge in [-0.15, -0.1) is 0 Å². The summed E-state index contributed by atoms with van der Waals surface area (Å²) in [4.78, 5) is 23.8. The van der Waals surface area contributed by atoms with Crippen molar-refractivity contribution in [3.8, 4) is 5.69 Å². The van der Waals surface area contributed by atoms with Crippen LogP contribution in [0.25, 0.3) is 5.69 Å². The molecular weight excluding hydrogens is 407 g/mol. The third kappa shape index (κ3) is 5.12. The molecule has 2 aromatic carbocycles. The van der Waals surface area contributed by atoms with E-state index in [1.807, 2.05) is 24.5 Å². The van der Waals surface area contributed by atoms with Crippen LogP contribution in [0.15, 0.2) is 59.7 Å². The van der Waals surface area contributed by atoms with E-state index in [-0.39, 0.29) is 12.4 Å². The van der Waals surface area contributed by atoms with Crippen LogP contribution in [-0.4, -0.2) is 22.6 Å². The highest BCUT2D eigenvalue weighted by Gasteiger charge is 2.13. The molecule has 0 spiro atoms. The Kier molecular flexibility index (Phi) is 6.64. The van der Waals surface area contributed by atoms with Crippen LogP contribution in [0.4, 0.5) is 4.39 Å². The van der Waals surface area contributed by atoms with E-state index in [4.69, 9.17) is 11.6 Å². The molecule has 3 rings (SSSR count). The SMILES string of the molecule is Cc1cc(/C=N\NC(=O)C(=O)NCc2ccc(Cl)cc2)c(C)n1-c1ccc(F)cc1. The molecule has 1 aromatic heterocycles. The molecule has 1 heterocycles. The minimum atomic E-state index is -0.868. The number of hydrogen-bond donors (Lipinski definition) is 2. The third-order valence-electron chi connectivity index (χ3n) is 4.50. The third-order valence-corrected chi connectivity index (χ3v) is 4.75. The zero-order valence-electron chi connectivity index (χ0n) is 16.4. The average Bonchev–Trinajstić information content (AvgIpc) is 3.01. The highest BCUT2D eigenvalue weighted by Crippen LogP contribution is 2.20. The molecule has 0 saturated heterocycles. The summed E-state index contributed by atoms with van der Waals surface area (Å²) in [5.74, 6) is -1.97. The average molecular weight is 427 g/mol. The monoisotopic (exact) mass is 426 g/mol. The summed E-state index contributed by atoms with van der Waals surface area (Å²) < 4.78 is 15.1. The summed E-state index contributed by atoms with van der Waals surface area (Å²) >= 11 is 5.81. The van der Waals surface area contributed by atoms with Gasteiger partial charge in [-0.25, -0.2) is 9.82 Å². The number of nitrogens with zero attached hydrogens (tertiary/aromatic N) is 2. The van der Waals surface area contributed by atoms with Crippen molar-refractivity contribution in [3.05, 3.63) is 88.0 Å². The van der Waals surface area contributed by atoms with Gasteiger partial charge in [0.1, 0.15) is 5.82 Å². The lowest BCUT2D eigenvalue weighted by atomic mass is 10.2. The topological polar surface area (TPSA) is 75.5 Å². The second-order valence-corrected chi connectivity index (χ2v) is 7.08. The first-order valence-corrected chi connectivity index (χ1v) is 9.53. The minimum Gasteiger partial charge on any atom is -0.344 e. The molecule has 0 aliphatic rings. The molecule has 2 N–H and O–H groups in total. The fraction of sp³-hybridized carbons (Fsp3) is 0.136. The summed E-state index contributed by atoms with van der Waals surface area (Å²) in [6, 6.07) is 15.0. The van der Waals surface area contributed by atoms with Crippen molar-refractivity contribution < 1.29 is 14.0 Å². The maximum atomic E-state index is 13.2. The number of halogens is 2. The van der Waals surface area contributed by atoms with Crippen molar-refractivity contribution in [1.29, 1.82) is 0 Å². The Labute approximate surface area is 178 Å². The number of hydrogen-bond acceptors (Lipinski definition) is 3. The van der Waals surface area contributed by atoms with E-state index in [9.17, 15) is 14.0 Å². The second kappa shape index (κ2) is 9.37. The van der Waals surface area contributed by atoms with Gasteiger partial charge in [0, 0.05) is 34.2 Å². The largest absolute Gasteiger partial charge is 0.344 e. The first kappa shape index (κ1) is 21.3. The number of aromatic nitrogens is 1. The lowest BCUT2D eigenvalue weighted by molar-refractivity contribution is -0.139. The van der Waals surface area contributed by atoms with Gasteiger partial charge in [0.2, 0.25) is 0 Å². The molecule has 154 valence electrons. The second-order valence-electron chi connectivity index (χ2n) is 6.65. The van der Waals surface area contributed by atoms with E-state index >= 15 is 0 Å². The van der Waals surface area contributed by atoms with E-state index in [0.717, 1.165) is 28.2 Å². The summed E-state index contributed by atoms with van der Waals surface area (Å²) in [6.07, 6.45) is 1.47. The molecule has 0 aliphatic heterocycles. The molecule has 0 saturated carbocycles. The Hall–Kier alpha value is -3.45. The number of benzene rings is 2. The fourth-order valence-electron chi connectivity index (χ4n) is 2.98. The smallest absolute Gasteiger partial charge is 0.329 e. The molecule has 0 radical (unpaired) electrons. The van der Waals surface area contributed by atoms with Gasteiger partial charge in [0.15, 0.2) is 0 Å². The number of nitrogens with one attached hydrogen (secondary N) is 2. The van der Waals surface area contributed by atoms with Crippen LogP contribution >= 0.6 is 11.6 Å². The molecular formula is C22H20ClFN4O2. The lowest BCUT2D eigenvalue weighted by Crippen LogP contribution is -2.37. The van der Waals surface area contributed by atoms with E-state index in [0.29, 0.717) is 5.02 Å². The zero-order valence-corrected chi connectivity index (χ0v) is 17.2. The predicted molar refractivity (Wildman–Crippen MR) is 114 cm³/mol. The van der Waals surface area contributed by atoms with E-state index in [1.54, 1.807) is 36.4 Å². The summed E-state index contributed by atoms with van der Waals surface area (Å²) in [5, 5.41) is 6.98. The van der Waals surface area contributed by atoms with Crippen LogP contribution < -0.4 is 10.7 Å². The van der Waals surface area contributed by atoms with Crippen molar-refractivity contribution in [2.75, 3.05) is 0 Å².